The Morgan fingerprint density at radius 1 is 1.00 bits per heavy atom. The second-order valence-electron chi connectivity index (χ2n) is 13.0. The second-order valence-corrected chi connectivity index (χ2v) is 17.8. The molecule has 4 aromatic rings. The number of ketones is 1. The van der Waals surface area contributed by atoms with Gasteiger partial charge in [0.15, 0.2) is 25.6 Å². The summed E-state index contributed by atoms with van der Waals surface area (Å²) in [6.07, 6.45) is 2.07. The van der Waals surface area contributed by atoms with Gasteiger partial charge in [0.1, 0.15) is 6.54 Å². The average Bonchev–Trinajstić information content (AvgIpc) is 3.49. The van der Waals surface area contributed by atoms with Gasteiger partial charge in [0.2, 0.25) is 5.91 Å². The molecule has 4 rings (SSSR count). The number of fused-ring (bicyclic) bond motifs is 1. The van der Waals surface area contributed by atoms with Crippen LogP contribution in [-0.4, -0.2) is 50.9 Å². The zero-order valence-electron chi connectivity index (χ0n) is 25.9. The van der Waals surface area contributed by atoms with E-state index in [2.05, 4.69) is 54.2 Å². The van der Waals surface area contributed by atoms with Gasteiger partial charge in [-0.25, -0.2) is 4.39 Å². The first kappa shape index (κ1) is 33.0. The van der Waals surface area contributed by atoms with E-state index in [0.29, 0.717) is 5.39 Å². The number of alkyl halides is 3. The first-order valence-electron chi connectivity index (χ1n) is 13.9. The molecule has 0 aliphatic carbocycles. The van der Waals surface area contributed by atoms with Crippen molar-refractivity contribution in [2.75, 3.05) is 11.9 Å². The van der Waals surface area contributed by atoms with Crippen LogP contribution < -0.4 is 5.32 Å². The highest BCUT2D eigenvalue weighted by Crippen LogP contribution is 2.38. The Morgan fingerprint density at radius 2 is 1.66 bits per heavy atom. The highest BCUT2D eigenvalue weighted by Gasteiger charge is 2.39. The van der Waals surface area contributed by atoms with E-state index in [1.165, 1.54) is 31.6 Å². The fourth-order valence-electron chi connectivity index (χ4n) is 4.37. The zero-order chi connectivity index (χ0) is 32.8. The van der Waals surface area contributed by atoms with Crippen LogP contribution in [0.4, 0.5) is 23.2 Å². The number of carbonyl (C=O) groups excluding carboxylic acids is 2. The molecule has 236 valence electrons. The topological polar surface area (TPSA) is 104 Å². The van der Waals surface area contributed by atoms with Crippen LogP contribution in [0.5, 0.6) is 0 Å². The normalized spacial score (nSPS) is 13.0. The summed E-state index contributed by atoms with van der Waals surface area (Å²) in [6.45, 7) is 15.7. The Labute approximate surface area is 253 Å². The molecule has 4 aromatic heterocycles. The number of hydrogen-bond acceptors (Lipinski definition) is 6. The van der Waals surface area contributed by atoms with E-state index in [0.717, 1.165) is 16.9 Å². The molecule has 0 aliphatic rings. The third kappa shape index (κ3) is 6.75. The van der Waals surface area contributed by atoms with Gasteiger partial charge in [0.25, 0.3) is 0 Å². The Bertz CT molecular complexity index is 1720. The van der Waals surface area contributed by atoms with E-state index in [1.54, 1.807) is 10.8 Å². The summed E-state index contributed by atoms with van der Waals surface area (Å²) in [5.74, 6) is -1.74. The molecule has 0 aromatic carbocycles. The van der Waals surface area contributed by atoms with E-state index >= 15 is 4.39 Å². The molecular formula is C30H36F4N6O3Si. The molecule has 0 bridgehead atoms. The van der Waals surface area contributed by atoms with Gasteiger partial charge in [-0.05, 0) is 51.0 Å². The summed E-state index contributed by atoms with van der Waals surface area (Å²) in [5, 5.41) is 6.28. The van der Waals surface area contributed by atoms with E-state index < -0.39 is 49.8 Å². The molecule has 0 fully saturated rings. The number of hydrogen-bond donors (Lipinski definition) is 1. The molecule has 44 heavy (non-hydrogen) atoms. The molecule has 9 nitrogen and oxygen atoms in total. The van der Waals surface area contributed by atoms with Crippen molar-refractivity contribution in [3.8, 4) is 0 Å². The molecule has 0 aliphatic heterocycles. The minimum absolute atomic E-state index is 0.0329. The summed E-state index contributed by atoms with van der Waals surface area (Å²) in [7, 11) is -2.14. The number of pyridine rings is 2. The lowest BCUT2D eigenvalue weighted by molar-refractivity contribution is -0.141. The van der Waals surface area contributed by atoms with Crippen molar-refractivity contribution in [2.24, 2.45) is 0 Å². The lowest BCUT2D eigenvalue weighted by atomic mass is 10.0. The maximum absolute atomic E-state index is 15.2. The van der Waals surface area contributed by atoms with Crippen LogP contribution in [0.15, 0.2) is 43.1 Å². The monoisotopic (exact) mass is 632 g/mol. The average molecular weight is 633 g/mol. The fourth-order valence-corrected chi connectivity index (χ4v) is 5.52. The molecule has 4 heterocycles. The molecule has 14 heteroatoms. The Balaban J connectivity index is 1.61. The smallest absolute Gasteiger partial charge is 0.414 e. The maximum atomic E-state index is 15.2. The third-order valence-electron chi connectivity index (χ3n) is 8.00. The van der Waals surface area contributed by atoms with Crippen molar-refractivity contribution in [1.82, 2.24) is 24.3 Å². The first-order chi connectivity index (χ1) is 20.2. The van der Waals surface area contributed by atoms with Crippen LogP contribution in [0.25, 0.3) is 10.9 Å². The first-order valence-corrected chi connectivity index (χ1v) is 16.8. The number of amides is 1. The molecule has 0 radical (unpaired) electrons. The predicted octanol–water partition coefficient (Wildman–Crippen LogP) is 6.72. The van der Waals surface area contributed by atoms with Crippen molar-refractivity contribution in [1.29, 1.82) is 0 Å². The van der Waals surface area contributed by atoms with Crippen LogP contribution in [-0.2, 0) is 27.5 Å². The van der Waals surface area contributed by atoms with Crippen LogP contribution in [0.2, 0.25) is 18.1 Å². The molecular weight excluding hydrogens is 596 g/mol. The van der Waals surface area contributed by atoms with Gasteiger partial charge in [0.05, 0.1) is 35.7 Å². The van der Waals surface area contributed by atoms with E-state index in [1.807, 2.05) is 13.8 Å². The molecule has 0 spiro atoms. The van der Waals surface area contributed by atoms with Crippen molar-refractivity contribution < 1.29 is 31.6 Å². The van der Waals surface area contributed by atoms with Crippen LogP contribution in [0, 0.1) is 12.7 Å². The Morgan fingerprint density at radius 3 is 2.27 bits per heavy atom. The van der Waals surface area contributed by atoms with E-state index in [9.17, 15) is 22.8 Å². The van der Waals surface area contributed by atoms with Gasteiger partial charge < -0.3 is 14.3 Å². The van der Waals surface area contributed by atoms with E-state index in [-0.39, 0.29) is 39.7 Å². The van der Waals surface area contributed by atoms with Crippen molar-refractivity contribution in [2.45, 2.75) is 77.9 Å². The van der Waals surface area contributed by atoms with Gasteiger partial charge in [-0.1, -0.05) is 20.8 Å². The van der Waals surface area contributed by atoms with Crippen LogP contribution >= 0.6 is 0 Å². The Kier molecular flexibility index (Phi) is 8.65. The van der Waals surface area contributed by atoms with Crippen LogP contribution in [0.3, 0.4) is 0 Å². The number of halogens is 4. The summed E-state index contributed by atoms with van der Waals surface area (Å²) >= 11 is 0. The minimum atomic E-state index is -4.64. The molecule has 0 saturated carbocycles. The van der Waals surface area contributed by atoms with Crippen LogP contribution in [0.1, 0.15) is 61.9 Å². The molecule has 1 amide bonds. The predicted molar refractivity (Wildman–Crippen MR) is 160 cm³/mol. The maximum Gasteiger partial charge on any atom is 0.435 e. The van der Waals surface area contributed by atoms with Gasteiger partial charge in [-0.3, -0.25) is 24.2 Å². The van der Waals surface area contributed by atoms with Gasteiger partial charge in [-0.15, -0.1) is 0 Å². The van der Waals surface area contributed by atoms with Gasteiger partial charge in [-0.2, -0.15) is 18.3 Å². The highest BCUT2D eigenvalue weighted by molar-refractivity contribution is 6.74. The highest BCUT2D eigenvalue weighted by atomic mass is 28.4. The lowest BCUT2D eigenvalue weighted by Crippen LogP contribution is -2.45. The van der Waals surface area contributed by atoms with Crippen molar-refractivity contribution >= 4 is 36.6 Å². The summed E-state index contributed by atoms with van der Waals surface area (Å²) in [5.41, 5.74) is -1.03. The van der Waals surface area contributed by atoms with Crippen molar-refractivity contribution in [3.63, 3.8) is 0 Å². The number of aryl methyl sites for hydroxylation is 1. The third-order valence-corrected chi connectivity index (χ3v) is 12.5. The number of carbonyl (C=O) groups is 2. The van der Waals surface area contributed by atoms with E-state index in [4.69, 9.17) is 4.43 Å². The Hall–Kier alpha value is -3.91. The molecule has 1 N–H and O–H groups in total. The second kappa shape index (κ2) is 11.5. The summed E-state index contributed by atoms with van der Waals surface area (Å²) < 4.78 is 63.3. The standard InChI is InChI=1S/C30H36F4N6O3Si/c1-18-9-24(30(32,33)34)38-40(18)16-25(41)37-20-10-19(11-35-12-20)27(42)22-15-39(26-21(22)13-36-14-23(26)31)29(5,6)17-43-44(7,8)28(2,3)4/h9-15H,16-17H2,1-8H3,(H,37,41). The number of rotatable bonds is 9. The number of nitrogens with zero attached hydrogens (tertiary/aromatic N) is 5. The number of nitrogens with one attached hydrogen (secondary N) is 1. The number of aromatic nitrogens is 5. The van der Waals surface area contributed by atoms with Crippen molar-refractivity contribution in [3.05, 3.63) is 71.4 Å². The van der Waals surface area contributed by atoms with Gasteiger partial charge in [0, 0.05) is 40.8 Å². The number of anilines is 1. The SMILES string of the molecule is Cc1cc(C(F)(F)F)nn1CC(=O)Nc1cncc(C(=O)c2cn(C(C)(C)CO[Si](C)(C)C(C)(C)C)c3c(F)cncc23)c1. The zero-order valence-corrected chi connectivity index (χ0v) is 26.9. The molecule has 0 saturated heterocycles. The lowest BCUT2D eigenvalue weighted by Gasteiger charge is -2.39. The quantitative estimate of drug-likeness (QED) is 0.125. The fraction of sp³-hybridized carbons (Fsp3) is 0.433. The minimum Gasteiger partial charge on any atom is -0.414 e. The summed E-state index contributed by atoms with van der Waals surface area (Å²) in [6, 6.07) is 2.25. The van der Waals surface area contributed by atoms with Gasteiger partial charge >= 0.3 is 6.18 Å². The molecule has 0 atom stereocenters. The molecule has 0 unspecified atom stereocenters. The summed E-state index contributed by atoms with van der Waals surface area (Å²) in [4.78, 5) is 34.4. The largest absolute Gasteiger partial charge is 0.435 e.